The summed E-state index contributed by atoms with van der Waals surface area (Å²) in [7, 11) is 0. The van der Waals surface area contributed by atoms with Crippen LogP contribution in [0.5, 0.6) is 0 Å². The predicted octanol–water partition coefficient (Wildman–Crippen LogP) is 4.81. The third-order valence-corrected chi connectivity index (χ3v) is 5.21. The Morgan fingerprint density at radius 3 is 2.59 bits per heavy atom. The quantitative estimate of drug-likeness (QED) is 0.652. The number of hydrogen-bond donors (Lipinski definition) is 2. The summed E-state index contributed by atoms with van der Waals surface area (Å²) >= 11 is 7.30. The van der Waals surface area contributed by atoms with E-state index in [9.17, 15) is 9.90 Å². The fraction of sp³-hybridized carbons (Fsp3) is 0.0476. The number of anilines is 1. The number of hydrogen-bond acceptors (Lipinski definition) is 4. The summed E-state index contributed by atoms with van der Waals surface area (Å²) in [5.41, 5.74) is -0.273. The van der Waals surface area contributed by atoms with E-state index < -0.39 is 11.5 Å². The number of carbonyl (C=O) groups excluding carboxylic acids is 1. The van der Waals surface area contributed by atoms with Crippen molar-refractivity contribution in [3.05, 3.63) is 93.1 Å². The van der Waals surface area contributed by atoms with Crippen LogP contribution >= 0.6 is 22.9 Å². The molecule has 27 heavy (non-hydrogen) atoms. The SMILES string of the molecule is N#Cc1ccc(NC(=O)C(O)(/C=C/c2ccccc2)c2cccs2)cc1Cl. The Labute approximate surface area is 166 Å². The van der Waals surface area contributed by atoms with Gasteiger partial charge in [-0.05, 0) is 41.3 Å². The van der Waals surface area contributed by atoms with Gasteiger partial charge in [0, 0.05) is 10.6 Å². The molecule has 134 valence electrons. The van der Waals surface area contributed by atoms with Crippen molar-refractivity contribution >= 4 is 40.6 Å². The van der Waals surface area contributed by atoms with Crippen LogP contribution in [-0.2, 0) is 10.4 Å². The lowest BCUT2D eigenvalue weighted by Gasteiger charge is -2.22. The summed E-state index contributed by atoms with van der Waals surface area (Å²) < 4.78 is 0. The van der Waals surface area contributed by atoms with Gasteiger partial charge in [0.25, 0.3) is 5.91 Å². The van der Waals surface area contributed by atoms with Crippen LogP contribution in [0.2, 0.25) is 5.02 Å². The molecule has 0 fully saturated rings. The highest BCUT2D eigenvalue weighted by Gasteiger charge is 2.36. The first-order chi connectivity index (χ1) is 13.0. The number of halogens is 1. The molecule has 1 aromatic heterocycles. The highest BCUT2D eigenvalue weighted by molar-refractivity contribution is 7.10. The van der Waals surface area contributed by atoms with Crippen LogP contribution in [0.4, 0.5) is 5.69 Å². The summed E-state index contributed by atoms with van der Waals surface area (Å²) in [6.07, 6.45) is 3.17. The van der Waals surface area contributed by atoms with Crippen molar-refractivity contribution < 1.29 is 9.90 Å². The molecule has 0 saturated heterocycles. The molecule has 0 bridgehead atoms. The van der Waals surface area contributed by atoms with Crippen LogP contribution in [0.25, 0.3) is 6.08 Å². The molecule has 0 aliphatic carbocycles. The highest BCUT2D eigenvalue weighted by Crippen LogP contribution is 2.30. The zero-order chi connectivity index (χ0) is 19.3. The van der Waals surface area contributed by atoms with E-state index in [0.717, 1.165) is 5.56 Å². The van der Waals surface area contributed by atoms with Crippen molar-refractivity contribution in [1.29, 1.82) is 5.26 Å². The smallest absolute Gasteiger partial charge is 0.266 e. The van der Waals surface area contributed by atoms with Crippen LogP contribution in [0, 0.1) is 11.3 Å². The van der Waals surface area contributed by atoms with Crippen molar-refractivity contribution in [3.8, 4) is 6.07 Å². The summed E-state index contributed by atoms with van der Waals surface area (Å²) in [5, 5.41) is 24.8. The number of rotatable bonds is 5. The number of nitriles is 1. The molecule has 0 spiro atoms. The third-order valence-electron chi connectivity index (χ3n) is 3.91. The maximum atomic E-state index is 12.9. The van der Waals surface area contributed by atoms with Crippen LogP contribution < -0.4 is 5.32 Å². The van der Waals surface area contributed by atoms with E-state index in [0.29, 0.717) is 16.1 Å². The monoisotopic (exact) mass is 394 g/mol. The van der Waals surface area contributed by atoms with Crippen molar-refractivity contribution in [2.75, 3.05) is 5.32 Å². The van der Waals surface area contributed by atoms with Gasteiger partial charge in [-0.3, -0.25) is 4.79 Å². The minimum atomic E-state index is -1.84. The standard InChI is InChI=1S/C21H15ClN2O2S/c22-18-13-17(9-8-16(18)14-23)24-20(25)21(26,19-7-4-12-27-19)11-10-15-5-2-1-3-6-15/h1-13,26H,(H,24,25)/b11-10+. The topological polar surface area (TPSA) is 73.1 Å². The van der Waals surface area contributed by atoms with Gasteiger partial charge in [0.2, 0.25) is 0 Å². The van der Waals surface area contributed by atoms with Gasteiger partial charge in [-0.2, -0.15) is 5.26 Å². The van der Waals surface area contributed by atoms with Crippen molar-refractivity contribution in [3.63, 3.8) is 0 Å². The number of nitrogens with one attached hydrogen (secondary N) is 1. The van der Waals surface area contributed by atoms with E-state index in [1.165, 1.54) is 29.5 Å². The van der Waals surface area contributed by atoms with Crippen molar-refractivity contribution in [2.24, 2.45) is 0 Å². The van der Waals surface area contributed by atoms with Crippen LogP contribution in [0.1, 0.15) is 16.0 Å². The van der Waals surface area contributed by atoms with E-state index >= 15 is 0 Å². The molecule has 1 heterocycles. The Morgan fingerprint density at radius 1 is 1.19 bits per heavy atom. The second-order valence-corrected chi connectivity index (χ2v) is 7.10. The van der Waals surface area contributed by atoms with E-state index in [1.807, 2.05) is 36.4 Å². The van der Waals surface area contributed by atoms with Crippen LogP contribution in [0.15, 0.2) is 72.1 Å². The number of aliphatic hydroxyl groups is 1. The molecule has 0 radical (unpaired) electrons. The minimum Gasteiger partial charge on any atom is -0.372 e. The molecule has 0 saturated carbocycles. The molecule has 1 atom stereocenters. The van der Waals surface area contributed by atoms with Crippen molar-refractivity contribution in [2.45, 2.75) is 5.60 Å². The molecule has 0 aliphatic rings. The number of thiophene rings is 1. The summed E-state index contributed by atoms with van der Waals surface area (Å²) in [4.78, 5) is 13.4. The first kappa shape index (κ1) is 18.9. The molecule has 2 aromatic carbocycles. The number of benzene rings is 2. The molecular formula is C21H15ClN2O2S. The molecule has 3 aromatic rings. The van der Waals surface area contributed by atoms with E-state index in [2.05, 4.69) is 5.32 Å². The Kier molecular flexibility index (Phi) is 5.72. The highest BCUT2D eigenvalue weighted by atomic mass is 35.5. The zero-order valence-electron chi connectivity index (χ0n) is 14.1. The van der Waals surface area contributed by atoms with Crippen LogP contribution in [0.3, 0.4) is 0 Å². The lowest BCUT2D eigenvalue weighted by atomic mass is 9.98. The van der Waals surface area contributed by atoms with Gasteiger partial charge in [0.05, 0.1) is 10.6 Å². The first-order valence-corrected chi connectivity index (χ1v) is 9.30. The third kappa shape index (κ3) is 4.26. The molecule has 1 unspecified atom stereocenters. The Morgan fingerprint density at radius 2 is 1.96 bits per heavy atom. The lowest BCUT2D eigenvalue weighted by Crippen LogP contribution is -2.37. The average Bonchev–Trinajstić information content (AvgIpc) is 3.22. The van der Waals surface area contributed by atoms with E-state index in [-0.39, 0.29) is 5.02 Å². The fourth-order valence-corrected chi connectivity index (χ4v) is 3.48. The number of amides is 1. The molecule has 1 amide bonds. The molecular weight excluding hydrogens is 380 g/mol. The van der Waals surface area contributed by atoms with E-state index in [1.54, 1.807) is 29.7 Å². The van der Waals surface area contributed by atoms with Gasteiger partial charge in [0.1, 0.15) is 6.07 Å². The Balaban J connectivity index is 1.91. The maximum Gasteiger partial charge on any atom is 0.266 e. The minimum absolute atomic E-state index is 0.231. The Hall–Kier alpha value is -2.91. The summed E-state index contributed by atoms with van der Waals surface area (Å²) in [6.45, 7) is 0. The molecule has 0 aliphatic heterocycles. The van der Waals surface area contributed by atoms with Gasteiger partial charge >= 0.3 is 0 Å². The van der Waals surface area contributed by atoms with Gasteiger partial charge in [0.15, 0.2) is 5.60 Å². The molecule has 6 heteroatoms. The predicted molar refractivity (Wildman–Crippen MR) is 108 cm³/mol. The fourth-order valence-electron chi connectivity index (χ4n) is 2.46. The van der Waals surface area contributed by atoms with Crippen molar-refractivity contribution in [1.82, 2.24) is 0 Å². The molecule has 3 rings (SSSR count). The average molecular weight is 395 g/mol. The van der Waals surface area contributed by atoms with Gasteiger partial charge in [-0.25, -0.2) is 0 Å². The summed E-state index contributed by atoms with van der Waals surface area (Å²) in [5.74, 6) is -0.613. The number of carbonyl (C=O) groups is 1. The molecule has 2 N–H and O–H groups in total. The van der Waals surface area contributed by atoms with Gasteiger partial charge < -0.3 is 10.4 Å². The first-order valence-electron chi connectivity index (χ1n) is 8.04. The zero-order valence-corrected chi connectivity index (χ0v) is 15.7. The second kappa shape index (κ2) is 8.19. The summed E-state index contributed by atoms with van der Waals surface area (Å²) in [6, 6.07) is 19.4. The van der Waals surface area contributed by atoms with Gasteiger partial charge in [-0.15, -0.1) is 11.3 Å². The molecule has 4 nitrogen and oxygen atoms in total. The normalized spacial score (nSPS) is 13.1. The van der Waals surface area contributed by atoms with E-state index in [4.69, 9.17) is 16.9 Å². The van der Waals surface area contributed by atoms with Crippen LogP contribution in [-0.4, -0.2) is 11.0 Å². The van der Waals surface area contributed by atoms with Gasteiger partial charge in [-0.1, -0.05) is 54.1 Å². The Bertz CT molecular complexity index is 1010. The largest absolute Gasteiger partial charge is 0.372 e. The number of nitrogens with zero attached hydrogens (tertiary/aromatic N) is 1. The maximum absolute atomic E-state index is 12.9. The lowest BCUT2D eigenvalue weighted by molar-refractivity contribution is -0.130. The second-order valence-electron chi connectivity index (χ2n) is 5.75.